The molecule has 0 aromatic heterocycles. The Morgan fingerprint density at radius 3 is 2.16 bits per heavy atom. The molecule has 6 heteroatoms. The van der Waals surface area contributed by atoms with E-state index in [0.717, 1.165) is 12.2 Å². The van der Waals surface area contributed by atoms with Gasteiger partial charge in [-0.1, -0.05) is 37.3 Å². The van der Waals surface area contributed by atoms with Gasteiger partial charge in [0.05, 0.1) is 6.61 Å². The van der Waals surface area contributed by atoms with Crippen molar-refractivity contribution in [3.05, 3.63) is 60.2 Å². The van der Waals surface area contributed by atoms with Gasteiger partial charge in [0, 0.05) is 0 Å². The van der Waals surface area contributed by atoms with Gasteiger partial charge in [0.1, 0.15) is 17.5 Å². The zero-order chi connectivity index (χ0) is 18.1. The van der Waals surface area contributed by atoms with Gasteiger partial charge in [-0.3, -0.25) is 9.59 Å². The van der Waals surface area contributed by atoms with E-state index < -0.39 is 17.9 Å². The van der Waals surface area contributed by atoms with Gasteiger partial charge in [0.15, 0.2) is 6.61 Å². The molecule has 132 valence electrons. The van der Waals surface area contributed by atoms with Crippen molar-refractivity contribution in [1.29, 1.82) is 0 Å². The first-order valence-electron chi connectivity index (χ1n) is 8.09. The minimum Gasteiger partial charge on any atom is -0.494 e. The van der Waals surface area contributed by atoms with Crippen molar-refractivity contribution in [2.75, 3.05) is 13.2 Å². The van der Waals surface area contributed by atoms with E-state index in [4.69, 9.17) is 15.2 Å². The Labute approximate surface area is 146 Å². The molecule has 0 fully saturated rings. The summed E-state index contributed by atoms with van der Waals surface area (Å²) in [6.45, 7) is 2.47. The molecule has 2 aromatic rings. The Hall–Kier alpha value is -3.02. The van der Waals surface area contributed by atoms with Crippen LogP contribution in [-0.2, 0) is 9.59 Å². The van der Waals surface area contributed by atoms with Gasteiger partial charge < -0.3 is 20.5 Å². The highest BCUT2D eigenvalue weighted by Crippen LogP contribution is 2.18. The van der Waals surface area contributed by atoms with Gasteiger partial charge in [-0.25, -0.2) is 0 Å². The molecular formula is C19H22N2O4. The van der Waals surface area contributed by atoms with Gasteiger partial charge in [-0.05, 0) is 36.2 Å². The predicted octanol–water partition coefficient (Wildman–Crippen LogP) is 2.20. The lowest BCUT2D eigenvalue weighted by Crippen LogP contribution is -2.39. The lowest BCUT2D eigenvalue weighted by atomic mass is 10.1. The van der Waals surface area contributed by atoms with Gasteiger partial charge in [0.25, 0.3) is 5.91 Å². The van der Waals surface area contributed by atoms with Crippen LogP contribution in [0.15, 0.2) is 54.6 Å². The first-order chi connectivity index (χ1) is 12.1. The highest BCUT2D eigenvalue weighted by Gasteiger charge is 2.20. The summed E-state index contributed by atoms with van der Waals surface area (Å²) in [7, 11) is 0. The van der Waals surface area contributed by atoms with Crippen LogP contribution in [-0.4, -0.2) is 25.0 Å². The van der Waals surface area contributed by atoms with E-state index in [1.54, 1.807) is 48.5 Å². The molecule has 0 aliphatic rings. The largest absolute Gasteiger partial charge is 0.494 e. The van der Waals surface area contributed by atoms with E-state index in [2.05, 4.69) is 5.32 Å². The first-order valence-corrected chi connectivity index (χ1v) is 8.09. The third-order valence-electron chi connectivity index (χ3n) is 3.39. The second kappa shape index (κ2) is 9.32. The molecule has 6 nitrogen and oxygen atoms in total. The standard InChI is InChI=1S/C19H22N2O4/c1-2-12-24-15-8-10-16(11-9-15)25-13-17(22)21-18(19(20)23)14-6-4-3-5-7-14/h3-11,18H,2,12-13H2,1H3,(H2,20,23)(H,21,22). The van der Waals surface area contributed by atoms with Crippen LogP contribution in [0.4, 0.5) is 0 Å². The molecule has 2 rings (SSSR count). The van der Waals surface area contributed by atoms with E-state index in [1.165, 1.54) is 0 Å². The van der Waals surface area contributed by atoms with E-state index in [-0.39, 0.29) is 6.61 Å². The number of benzene rings is 2. The van der Waals surface area contributed by atoms with Crippen molar-refractivity contribution in [1.82, 2.24) is 5.32 Å². The number of amides is 2. The van der Waals surface area contributed by atoms with Crippen LogP contribution in [0.25, 0.3) is 0 Å². The predicted molar refractivity (Wildman–Crippen MR) is 94.2 cm³/mol. The maximum atomic E-state index is 12.0. The topological polar surface area (TPSA) is 90.7 Å². The van der Waals surface area contributed by atoms with Crippen LogP contribution in [0, 0.1) is 0 Å². The third-order valence-corrected chi connectivity index (χ3v) is 3.39. The summed E-state index contributed by atoms with van der Waals surface area (Å²) in [5.74, 6) is 0.224. The molecule has 0 saturated carbocycles. The molecule has 0 aliphatic carbocycles. The summed E-state index contributed by atoms with van der Waals surface area (Å²) >= 11 is 0. The molecule has 0 bridgehead atoms. The number of carbonyl (C=O) groups excluding carboxylic acids is 2. The molecule has 1 atom stereocenters. The van der Waals surface area contributed by atoms with Crippen molar-refractivity contribution in [2.45, 2.75) is 19.4 Å². The van der Waals surface area contributed by atoms with Gasteiger partial charge in [-0.15, -0.1) is 0 Å². The number of nitrogens with two attached hydrogens (primary N) is 1. The molecule has 2 aromatic carbocycles. The van der Waals surface area contributed by atoms with Crippen molar-refractivity contribution < 1.29 is 19.1 Å². The number of primary amides is 1. The smallest absolute Gasteiger partial charge is 0.258 e. The lowest BCUT2D eigenvalue weighted by Gasteiger charge is -2.16. The molecule has 0 spiro atoms. The summed E-state index contributed by atoms with van der Waals surface area (Å²) in [6.07, 6.45) is 0.931. The summed E-state index contributed by atoms with van der Waals surface area (Å²) in [4.78, 5) is 23.6. The SMILES string of the molecule is CCCOc1ccc(OCC(=O)NC(C(N)=O)c2ccccc2)cc1. The molecule has 0 radical (unpaired) electrons. The maximum Gasteiger partial charge on any atom is 0.258 e. The second-order valence-corrected chi connectivity index (χ2v) is 5.42. The fraction of sp³-hybridized carbons (Fsp3) is 0.263. The summed E-state index contributed by atoms with van der Waals surface area (Å²) in [5, 5.41) is 2.58. The molecule has 0 saturated heterocycles. The average Bonchev–Trinajstić information content (AvgIpc) is 2.64. The highest BCUT2D eigenvalue weighted by atomic mass is 16.5. The highest BCUT2D eigenvalue weighted by molar-refractivity contribution is 5.88. The Kier molecular flexibility index (Phi) is 6.83. The van der Waals surface area contributed by atoms with Gasteiger partial charge >= 0.3 is 0 Å². The number of carbonyl (C=O) groups is 2. The Morgan fingerprint density at radius 1 is 1.00 bits per heavy atom. The van der Waals surface area contributed by atoms with E-state index in [9.17, 15) is 9.59 Å². The minimum absolute atomic E-state index is 0.216. The number of rotatable bonds is 9. The Morgan fingerprint density at radius 2 is 1.60 bits per heavy atom. The molecule has 25 heavy (non-hydrogen) atoms. The van der Waals surface area contributed by atoms with Crippen LogP contribution in [0.3, 0.4) is 0 Å². The Bertz CT molecular complexity index is 686. The van der Waals surface area contributed by atoms with Crippen LogP contribution in [0.5, 0.6) is 11.5 Å². The molecule has 0 heterocycles. The van der Waals surface area contributed by atoms with Crippen molar-refractivity contribution in [3.63, 3.8) is 0 Å². The quantitative estimate of drug-likeness (QED) is 0.731. The number of hydrogen-bond acceptors (Lipinski definition) is 4. The fourth-order valence-electron chi connectivity index (χ4n) is 2.17. The van der Waals surface area contributed by atoms with Crippen molar-refractivity contribution in [2.24, 2.45) is 5.73 Å². The van der Waals surface area contributed by atoms with E-state index in [0.29, 0.717) is 17.9 Å². The lowest BCUT2D eigenvalue weighted by molar-refractivity contribution is -0.128. The zero-order valence-corrected chi connectivity index (χ0v) is 14.1. The summed E-state index contributed by atoms with van der Waals surface area (Å²) < 4.78 is 10.9. The summed E-state index contributed by atoms with van der Waals surface area (Å²) in [5.41, 5.74) is 6.00. The Balaban J connectivity index is 1.88. The van der Waals surface area contributed by atoms with E-state index >= 15 is 0 Å². The van der Waals surface area contributed by atoms with Crippen molar-refractivity contribution in [3.8, 4) is 11.5 Å². The molecule has 2 amide bonds. The molecule has 0 aliphatic heterocycles. The fourth-order valence-corrected chi connectivity index (χ4v) is 2.17. The van der Waals surface area contributed by atoms with Crippen LogP contribution < -0.4 is 20.5 Å². The minimum atomic E-state index is -0.887. The molecular weight excluding hydrogens is 320 g/mol. The normalized spacial score (nSPS) is 11.4. The summed E-state index contributed by atoms with van der Waals surface area (Å²) in [6, 6.07) is 14.9. The van der Waals surface area contributed by atoms with E-state index in [1.807, 2.05) is 13.0 Å². The second-order valence-electron chi connectivity index (χ2n) is 5.42. The molecule has 3 N–H and O–H groups in total. The molecule has 1 unspecified atom stereocenters. The van der Waals surface area contributed by atoms with Crippen LogP contribution in [0.2, 0.25) is 0 Å². The third kappa shape index (κ3) is 5.84. The van der Waals surface area contributed by atoms with Gasteiger partial charge in [-0.2, -0.15) is 0 Å². The monoisotopic (exact) mass is 342 g/mol. The number of nitrogens with one attached hydrogen (secondary N) is 1. The van der Waals surface area contributed by atoms with Gasteiger partial charge in [0.2, 0.25) is 5.91 Å². The van der Waals surface area contributed by atoms with Crippen LogP contribution in [0.1, 0.15) is 24.9 Å². The number of hydrogen-bond donors (Lipinski definition) is 2. The van der Waals surface area contributed by atoms with Crippen LogP contribution >= 0.6 is 0 Å². The number of ether oxygens (including phenoxy) is 2. The zero-order valence-electron chi connectivity index (χ0n) is 14.1. The van der Waals surface area contributed by atoms with Crippen molar-refractivity contribution >= 4 is 11.8 Å². The first kappa shape index (κ1) is 18.3. The maximum absolute atomic E-state index is 12.0. The average molecular weight is 342 g/mol.